The summed E-state index contributed by atoms with van der Waals surface area (Å²) in [6.07, 6.45) is 1.48. The van der Waals surface area contributed by atoms with Crippen molar-refractivity contribution < 1.29 is 14.3 Å². The summed E-state index contributed by atoms with van der Waals surface area (Å²) in [5.41, 5.74) is 2.23. The van der Waals surface area contributed by atoms with Gasteiger partial charge in [0.1, 0.15) is 12.4 Å². The smallest absolute Gasteiger partial charge is 0.339 e. The second kappa shape index (κ2) is 6.52. The number of rotatable bonds is 4. The zero-order valence-corrected chi connectivity index (χ0v) is 12.8. The van der Waals surface area contributed by atoms with Gasteiger partial charge in [-0.05, 0) is 36.8 Å². The van der Waals surface area contributed by atoms with E-state index in [9.17, 15) is 4.79 Å². The van der Waals surface area contributed by atoms with Gasteiger partial charge in [-0.1, -0.05) is 22.0 Å². The summed E-state index contributed by atoms with van der Waals surface area (Å²) in [4.78, 5) is 15.5. The lowest BCUT2D eigenvalue weighted by atomic mass is 10.2. The van der Waals surface area contributed by atoms with E-state index in [-0.39, 0.29) is 0 Å². The fraction of sp³-hybridized carbons (Fsp3) is 0.200. The standard InChI is InChI=1S/C15H14BrNO3/c1-10-3-5-12(16)7-14(10)20-9-13-6-4-11(8-17-13)15(18)19-2/h3-8H,9H2,1-2H3. The molecule has 1 aromatic carbocycles. The van der Waals surface area contributed by atoms with E-state index in [0.717, 1.165) is 21.5 Å². The number of benzene rings is 1. The zero-order chi connectivity index (χ0) is 14.5. The summed E-state index contributed by atoms with van der Waals surface area (Å²) in [5.74, 6) is 0.408. The second-order valence-corrected chi connectivity index (χ2v) is 5.14. The predicted octanol–water partition coefficient (Wildman–Crippen LogP) is 3.52. The van der Waals surface area contributed by atoms with E-state index < -0.39 is 5.97 Å². The van der Waals surface area contributed by atoms with Gasteiger partial charge in [0.2, 0.25) is 0 Å². The average Bonchev–Trinajstić information content (AvgIpc) is 2.48. The Kier molecular flexibility index (Phi) is 4.74. The van der Waals surface area contributed by atoms with Gasteiger partial charge >= 0.3 is 5.97 Å². The normalized spacial score (nSPS) is 10.2. The van der Waals surface area contributed by atoms with Crippen LogP contribution in [0.5, 0.6) is 5.75 Å². The lowest BCUT2D eigenvalue weighted by molar-refractivity contribution is 0.0600. The Morgan fingerprint density at radius 2 is 2.10 bits per heavy atom. The molecular formula is C15H14BrNO3. The average molecular weight is 336 g/mol. The largest absolute Gasteiger partial charge is 0.487 e. The van der Waals surface area contributed by atoms with E-state index in [2.05, 4.69) is 25.7 Å². The van der Waals surface area contributed by atoms with Gasteiger partial charge in [-0.25, -0.2) is 4.79 Å². The van der Waals surface area contributed by atoms with Crippen LogP contribution in [0.15, 0.2) is 41.0 Å². The van der Waals surface area contributed by atoms with Crippen molar-refractivity contribution in [1.29, 1.82) is 0 Å². The Hall–Kier alpha value is -1.88. The zero-order valence-electron chi connectivity index (χ0n) is 11.2. The topological polar surface area (TPSA) is 48.4 Å². The third-order valence-electron chi connectivity index (χ3n) is 2.77. The number of methoxy groups -OCH3 is 1. The highest BCUT2D eigenvalue weighted by Gasteiger charge is 2.06. The van der Waals surface area contributed by atoms with Gasteiger partial charge in [0.05, 0.1) is 18.4 Å². The van der Waals surface area contributed by atoms with E-state index in [1.54, 1.807) is 12.1 Å². The molecule has 5 heteroatoms. The summed E-state index contributed by atoms with van der Waals surface area (Å²) in [7, 11) is 1.34. The van der Waals surface area contributed by atoms with Crippen molar-refractivity contribution >= 4 is 21.9 Å². The Morgan fingerprint density at radius 1 is 1.30 bits per heavy atom. The van der Waals surface area contributed by atoms with Crippen LogP contribution in [0.4, 0.5) is 0 Å². The minimum absolute atomic E-state index is 0.346. The molecule has 2 rings (SSSR count). The number of hydrogen-bond donors (Lipinski definition) is 0. The summed E-state index contributed by atoms with van der Waals surface area (Å²) < 4.78 is 11.3. The molecule has 0 amide bonds. The highest BCUT2D eigenvalue weighted by molar-refractivity contribution is 9.10. The number of carbonyl (C=O) groups is 1. The number of pyridine rings is 1. The highest BCUT2D eigenvalue weighted by atomic mass is 79.9. The third kappa shape index (κ3) is 3.57. The molecule has 104 valence electrons. The lowest BCUT2D eigenvalue weighted by Crippen LogP contribution is -2.04. The van der Waals surface area contributed by atoms with E-state index >= 15 is 0 Å². The van der Waals surface area contributed by atoms with Crippen LogP contribution >= 0.6 is 15.9 Å². The molecule has 0 spiro atoms. The number of halogens is 1. The van der Waals surface area contributed by atoms with Crippen molar-refractivity contribution in [3.8, 4) is 5.75 Å². The highest BCUT2D eigenvalue weighted by Crippen LogP contribution is 2.23. The molecule has 20 heavy (non-hydrogen) atoms. The molecule has 0 saturated carbocycles. The van der Waals surface area contributed by atoms with E-state index in [1.807, 2.05) is 25.1 Å². The Morgan fingerprint density at radius 3 is 2.75 bits per heavy atom. The molecule has 0 atom stereocenters. The Balaban J connectivity index is 2.04. The van der Waals surface area contributed by atoms with Gasteiger partial charge in [-0.2, -0.15) is 0 Å². The fourth-order valence-corrected chi connectivity index (χ4v) is 1.97. The monoisotopic (exact) mass is 335 g/mol. The summed E-state index contributed by atoms with van der Waals surface area (Å²) in [6, 6.07) is 9.28. The maximum atomic E-state index is 11.3. The van der Waals surface area contributed by atoms with Crippen molar-refractivity contribution in [2.75, 3.05) is 7.11 Å². The van der Waals surface area contributed by atoms with Crippen LogP contribution in [0.1, 0.15) is 21.6 Å². The van der Waals surface area contributed by atoms with E-state index in [4.69, 9.17) is 4.74 Å². The van der Waals surface area contributed by atoms with Gasteiger partial charge in [-0.15, -0.1) is 0 Å². The number of esters is 1. The third-order valence-corrected chi connectivity index (χ3v) is 3.26. The molecule has 1 aromatic heterocycles. The molecule has 0 fully saturated rings. The number of aromatic nitrogens is 1. The Bertz CT molecular complexity index is 611. The van der Waals surface area contributed by atoms with Crippen molar-refractivity contribution in [2.45, 2.75) is 13.5 Å². The van der Waals surface area contributed by atoms with E-state index in [1.165, 1.54) is 13.3 Å². The lowest BCUT2D eigenvalue weighted by Gasteiger charge is -2.09. The first-order valence-electron chi connectivity index (χ1n) is 6.02. The summed E-state index contributed by atoms with van der Waals surface area (Å²) in [5, 5.41) is 0. The molecule has 1 heterocycles. The fourth-order valence-electron chi connectivity index (χ4n) is 1.63. The summed E-state index contributed by atoms with van der Waals surface area (Å²) >= 11 is 3.41. The Labute approximate surface area is 125 Å². The molecule has 0 bridgehead atoms. The molecule has 0 N–H and O–H groups in total. The van der Waals surface area contributed by atoms with Crippen LogP contribution in [-0.2, 0) is 11.3 Å². The maximum absolute atomic E-state index is 11.3. The van der Waals surface area contributed by atoms with Crippen molar-refractivity contribution in [3.05, 3.63) is 57.8 Å². The minimum atomic E-state index is -0.396. The quantitative estimate of drug-likeness (QED) is 0.802. The molecule has 0 aliphatic heterocycles. The van der Waals surface area contributed by atoms with Crippen molar-refractivity contribution in [2.24, 2.45) is 0 Å². The molecule has 4 nitrogen and oxygen atoms in total. The number of hydrogen-bond acceptors (Lipinski definition) is 4. The minimum Gasteiger partial charge on any atom is -0.487 e. The number of nitrogens with zero attached hydrogens (tertiary/aromatic N) is 1. The van der Waals surface area contributed by atoms with Crippen molar-refractivity contribution in [1.82, 2.24) is 4.98 Å². The van der Waals surface area contributed by atoms with Gasteiger partial charge in [0, 0.05) is 10.7 Å². The van der Waals surface area contributed by atoms with Crippen LogP contribution in [0.3, 0.4) is 0 Å². The van der Waals surface area contributed by atoms with Gasteiger partial charge < -0.3 is 9.47 Å². The maximum Gasteiger partial charge on any atom is 0.339 e. The van der Waals surface area contributed by atoms with Crippen LogP contribution in [0.2, 0.25) is 0 Å². The SMILES string of the molecule is COC(=O)c1ccc(COc2cc(Br)ccc2C)nc1. The predicted molar refractivity (Wildman–Crippen MR) is 78.8 cm³/mol. The number of aryl methyl sites for hydroxylation is 1. The van der Waals surface area contributed by atoms with Gasteiger partial charge in [0.15, 0.2) is 0 Å². The van der Waals surface area contributed by atoms with Crippen LogP contribution in [0.25, 0.3) is 0 Å². The first kappa shape index (κ1) is 14.5. The van der Waals surface area contributed by atoms with Gasteiger partial charge in [0.25, 0.3) is 0 Å². The first-order valence-corrected chi connectivity index (χ1v) is 6.81. The molecular weight excluding hydrogens is 322 g/mol. The molecule has 0 aliphatic rings. The van der Waals surface area contributed by atoms with Crippen LogP contribution < -0.4 is 4.74 Å². The van der Waals surface area contributed by atoms with E-state index in [0.29, 0.717) is 12.2 Å². The summed E-state index contributed by atoms with van der Waals surface area (Å²) in [6.45, 7) is 2.33. The molecule has 0 unspecified atom stereocenters. The number of ether oxygens (including phenoxy) is 2. The molecule has 0 aliphatic carbocycles. The molecule has 0 radical (unpaired) electrons. The molecule has 2 aromatic rings. The van der Waals surface area contributed by atoms with Crippen LogP contribution in [0, 0.1) is 6.92 Å². The van der Waals surface area contributed by atoms with Crippen molar-refractivity contribution in [3.63, 3.8) is 0 Å². The molecule has 0 saturated heterocycles. The second-order valence-electron chi connectivity index (χ2n) is 4.23. The number of carbonyl (C=O) groups excluding carboxylic acids is 1. The van der Waals surface area contributed by atoms with Gasteiger partial charge in [-0.3, -0.25) is 4.98 Å². The first-order chi connectivity index (χ1) is 9.60. The van der Waals surface area contributed by atoms with Crippen LogP contribution in [-0.4, -0.2) is 18.1 Å².